The van der Waals surface area contributed by atoms with E-state index in [4.69, 9.17) is 0 Å². The van der Waals surface area contributed by atoms with E-state index in [2.05, 4.69) is 10.6 Å². The number of hydrogen-bond donors (Lipinski definition) is 2. The van der Waals surface area contributed by atoms with E-state index in [9.17, 15) is 9.59 Å². The number of benzene rings is 2. The molecule has 2 rings (SSSR count). The lowest BCUT2D eigenvalue weighted by atomic mass is 10.1. The number of aryl methyl sites for hydroxylation is 2. The second-order valence-corrected chi connectivity index (χ2v) is 6.45. The van der Waals surface area contributed by atoms with Crippen LogP contribution in [-0.4, -0.2) is 18.4 Å². The van der Waals surface area contributed by atoms with Gasteiger partial charge in [0.2, 0.25) is 0 Å². The lowest BCUT2D eigenvalue weighted by Gasteiger charge is -2.10. The summed E-state index contributed by atoms with van der Waals surface area (Å²) in [5, 5.41) is 5.78. The Balaban J connectivity index is 2.06. The Labute approximate surface area is 143 Å². The normalized spacial score (nSPS) is 10.5. The molecule has 2 aromatic carbocycles. The lowest BCUT2D eigenvalue weighted by molar-refractivity contribution is 0.0947. The van der Waals surface area contributed by atoms with Gasteiger partial charge in [0, 0.05) is 23.4 Å². The standard InChI is InChI=1S/C20H24N2O2/c1-13(2)12-21-19(23)16-7-9-17(10-8-16)20(24)22-18-11-14(3)5-6-15(18)4/h5-11,13H,12H2,1-4H3,(H,21,23)(H,22,24). The molecular formula is C20H24N2O2. The Hall–Kier alpha value is -2.62. The van der Waals surface area contributed by atoms with E-state index in [0.29, 0.717) is 23.6 Å². The fourth-order valence-electron chi connectivity index (χ4n) is 2.24. The van der Waals surface area contributed by atoms with Gasteiger partial charge in [-0.1, -0.05) is 26.0 Å². The number of nitrogens with one attached hydrogen (secondary N) is 2. The Morgan fingerprint density at radius 3 is 2.08 bits per heavy atom. The predicted octanol–water partition coefficient (Wildman–Crippen LogP) is 3.94. The van der Waals surface area contributed by atoms with E-state index in [-0.39, 0.29) is 11.8 Å². The monoisotopic (exact) mass is 324 g/mol. The Morgan fingerprint density at radius 2 is 1.50 bits per heavy atom. The van der Waals surface area contributed by atoms with Gasteiger partial charge in [0.25, 0.3) is 11.8 Å². The first-order valence-electron chi connectivity index (χ1n) is 8.13. The molecule has 0 atom stereocenters. The number of amides is 2. The van der Waals surface area contributed by atoms with Gasteiger partial charge in [0.1, 0.15) is 0 Å². The van der Waals surface area contributed by atoms with Gasteiger partial charge in [-0.3, -0.25) is 9.59 Å². The zero-order valence-corrected chi connectivity index (χ0v) is 14.6. The molecule has 0 unspecified atom stereocenters. The summed E-state index contributed by atoms with van der Waals surface area (Å²) >= 11 is 0. The minimum Gasteiger partial charge on any atom is -0.352 e. The van der Waals surface area contributed by atoms with E-state index in [1.807, 2.05) is 45.9 Å². The summed E-state index contributed by atoms with van der Waals surface area (Å²) in [7, 11) is 0. The van der Waals surface area contributed by atoms with Gasteiger partial charge in [0.15, 0.2) is 0 Å². The molecular weight excluding hydrogens is 300 g/mol. The third-order valence-corrected chi connectivity index (χ3v) is 3.72. The molecule has 0 bridgehead atoms. The van der Waals surface area contributed by atoms with Gasteiger partial charge in [0.05, 0.1) is 0 Å². The first kappa shape index (κ1) is 17.7. The highest BCUT2D eigenvalue weighted by atomic mass is 16.2. The summed E-state index contributed by atoms with van der Waals surface area (Å²) in [6.45, 7) is 8.66. The van der Waals surface area contributed by atoms with Gasteiger partial charge in [-0.25, -0.2) is 0 Å². The largest absolute Gasteiger partial charge is 0.352 e. The topological polar surface area (TPSA) is 58.2 Å². The maximum atomic E-state index is 12.4. The average Bonchev–Trinajstić information content (AvgIpc) is 2.56. The van der Waals surface area contributed by atoms with Crippen molar-refractivity contribution in [2.24, 2.45) is 5.92 Å². The highest BCUT2D eigenvalue weighted by molar-refractivity contribution is 6.05. The number of rotatable bonds is 5. The van der Waals surface area contributed by atoms with Crippen LogP contribution in [0.1, 0.15) is 45.7 Å². The molecule has 0 saturated heterocycles. The number of anilines is 1. The molecule has 0 spiro atoms. The fourth-order valence-corrected chi connectivity index (χ4v) is 2.24. The Bertz CT molecular complexity index is 734. The first-order chi connectivity index (χ1) is 11.4. The van der Waals surface area contributed by atoms with Crippen LogP contribution in [0.4, 0.5) is 5.69 Å². The van der Waals surface area contributed by atoms with Crippen molar-refractivity contribution in [1.82, 2.24) is 5.32 Å². The molecule has 2 aromatic rings. The van der Waals surface area contributed by atoms with Crippen molar-refractivity contribution in [3.05, 3.63) is 64.7 Å². The Morgan fingerprint density at radius 1 is 0.917 bits per heavy atom. The van der Waals surface area contributed by atoms with Crippen LogP contribution >= 0.6 is 0 Å². The summed E-state index contributed by atoms with van der Waals surface area (Å²) in [4.78, 5) is 24.4. The third kappa shape index (κ3) is 4.69. The molecule has 0 fully saturated rings. The van der Waals surface area contributed by atoms with E-state index < -0.39 is 0 Å². The number of hydrogen-bond acceptors (Lipinski definition) is 2. The molecule has 0 aliphatic heterocycles. The van der Waals surface area contributed by atoms with Gasteiger partial charge < -0.3 is 10.6 Å². The minimum absolute atomic E-state index is 0.120. The molecule has 0 heterocycles. The average molecular weight is 324 g/mol. The lowest BCUT2D eigenvalue weighted by Crippen LogP contribution is -2.27. The fraction of sp³-hybridized carbons (Fsp3) is 0.300. The van der Waals surface area contributed by atoms with Crippen molar-refractivity contribution in [3.63, 3.8) is 0 Å². The second kappa shape index (κ2) is 7.77. The molecule has 2 amide bonds. The predicted molar refractivity (Wildman–Crippen MR) is 97.5 cm³/mol. The number of carbonyl (C=O) groups excluding carboxylic acids is 2. The van der Waals surface area contributed by atoms with Gasteiger partial charge in [-0.15, -0.1) is 0 Å². The molecule has 4 nitrogen and oxygen atoms in total. The van der Waals surface area contributed by atoms with Crippen molar-refractivity contribution >= 4 is 17.5 Å². The maximum Gasteiger partial charge on any atom is 0.255 e. The van der Waals surface area contributed by atoms with Crippen LogP contribution in [-0.2, 0) is 0 Å². The maximum absolute atomic E-state index is 12.4. The van der Waals surface area contributed by atoms with E-state index >= 15 is 0 Å². The molecule has 0 aliphatic carbocycles. The zero-order valence-electron chi connectivity index (χ0n) is 14.6. The van der Waals surface area contributed by atoms with Gasteiger partial charge in [-0.05, 0) is 61.2 Å². The van der Waals surface area contributed by atoms with Crippen LogP contribution in [0.15, 0.2) is 42.5 Å². The van der Waals surface area contributed by atoms with Crippen LogP contribution < -0.4 is 10.6 Å². The molecule has 4 heteroatoms. The van der Waals surface area contributed by atoms with Crippen LogP contribution in [0.3, 0.4) is 0 Å². The number of carbonyl (C=O) groups is 2. The highest BCUT2D eigenvalue weighted by Crippen LogP contribution is 2.17. The van der Waals surface area contributed by atoms with Crippen molar-refractivity contribution in [2.45, 2.75) is 27.7 Å². The van der Waals surface area contributed by atoms with E-state index in [1.165, 1.54) is 0 Å². The molecule has 24 heavy (non-hydrogen) atoms. The summed E-state index contributed by atoms with van der Waals surface area (Å²) in [6.07, 6.45) is 0. The van der Waals surface area contributed by atoms with Crippen LogP contribution in [0.5, 0.6) is 0 Å². The van der Waals surface area contributed by atoms with Crippen LogP contribution in [0.2, 0.25) is 0 Å². The summed E-state index contributed by atoms with van der Waals surface area (Å²) in [6, 6.07) is 12.6. The van der Waals surface area contributed by atoms with Gasteiger partial charge >= 0.3 is 0 Å². The van der Waals surface area contributed by atoms with Crippen molar-refractivity contribution < 1.29 is 9.59 Å². The first-order valence-corrected chi connectivity index (χ1v) is 8.13. The van der Waals surface area contributed by atoms with E-state index in [1.54, 1.807) is 24.3 Å². The third-order valence-electron chi connectivity index (χ3n) is 3.72. The summed E-state index contributed by atoms with van der Waals surface area (Å²) in [5.41, 5.74) is 3.99. The molecule has 0 saturated carbocycles. The molecule has 0 aliphatic rings. The molecule has 126 valence electrons. The van der Waals surface area contributed by atoms with Crippen LogP contribution in [0, 0.1) is 19.8 Å². The van der Waals surface area contributed by atoms with Crippen molar-refractivity contribution in [3.8, 4) is 0 Å². The summed E-state index contributed by atoms with van der Waals surface area (Å²) < 4.78 is 0. The Kier molecular flexibility index (Phi) is 5.74. The summed E-state index contributed by atoms with van der Waals surface area (Å²) in [5.74, 6) is 0.0968. The van der Waals surface area contributed by atoms with Crippen molar-refractivity contribution in [1.29, 1.82) is 0 Å². The van der Waals surface area contributed by atoms with Gasteiger partial charge in [-0.2, -0.15) is 0 Å². The van der Waals surface area contributed by atoms with Crippen LogP contribution in [0.25, 0.3) is 0 Å². The van der Waals surface area contributed by atoms with E-state index in [0.717, 1.165) is 16.8 Å². The quantitative estimate of drug-likeness (QED) is 0.875. The highest BCUT2D eigenvalue weighted by Gasteiger charge is 2.10. The smallest absolute Gasteiger partial charge is 0.255 e. The SMILES string of the molecule is Cc1ccc(C)c(NC(=O)c2ccc(C(=O)NCC(C)C)cc2)c1. The minimum atomic E-state index is -0.183. The zero-order chi connectivity index (χ0) is 17.7. The second-order valence-electron chi connectivity index (χ2n) is 6.45. The molecule has 2 N–H and O–H groups in total. The molecule has 0 radical (unpaired) electrons. The molecule has 0 aromatic heterocycles. The van der Waals surface area contributed by atoms with Crippen molar-refractivity contribution in [2.75, 3.05) is 11.9 Å².